The third kappa shape index (κ3) is 3.80. The smallest absolute Gasteiger partial charge is 0.178 e. The number of halogens is 2. The molecule has 0 N–H and O–H groups in total. The van der Waals surface area contributed by atoms with Crippen LogP contribution in [0.5, 0.6) is 0 Å². The van der Waals surface area contributed by atoms with Gasteiger partial charge >= 0.3 is 0 Å². The number of Topliss-reactive ketones (excluding diaryl/α,β-unsaturated/α-hetero) is 1. The van der Waals surface area contributed by atoms with Gasteiger partial charge < -0.3 is 0 Å². The van der Waals surface area contributed by atoms with Crippen LogP contribution in [0.15, 0.2) is 18.2 Å². The highest BCUT2D eigenvalue weighted by Gasteiger charge is 2.18. The fourth-order valence-electron chi connectivity index (χ4n) is 1.24. The second-order valence-corrected chi connectivity index (χ2v) is 5.65. The van der Waals surface area contributed by atoms with Gasteiger partial charge in [-0.2, -0.15) is 11.8 Å². The van der Waals surface area contributed by atoms with Crippen molar-refractivity contribution in [3.8, 4) is 0 Å². The van der Waals surface area contributed by atoms with Gasteiger partial charge in [-0.1, -0.05) is 26.8 Å². The van der Waals surface area contributed by atoms with E-state index in [0.717, 1.165) is 12.1 Å². The minimum atomic E-state index is -0.784. The van der Waals surface area contributed by atoms with Crippen LogP contribution in [0.3, 0.4) is 0 Å². The van der Waals surface area contributed by atoms with Gasteiger partial charge in [0.1, 0.15) is 11.6 Å². The van der Waals surface area contributed by atoms with Gasteiger partial charge in [0.15, 0.2) is 5.78 Å². The van der Waals surface area contributed by atoms with Gasteiger partial charge in [0.2, 0.25) is 0 Å². The number of hydrogen-bond donors (Lipinski definition) is 0. The normalized spacial score (nSPS) is 12.8. The van der Waals surface area contributed by atoms with E-state index in [-0.39, 0.29) is 11.0 Å². The highest BCUT2D eigenvalue weighted by molar-refractivity contribution is 8.00. The van der Waals surface area contributed by atoms with Crippen molar-refractivity contribution in [2.24, 2.45) is 5.92 Å². The first-order chi connectivity index (χ1) is 7.93. The summed E-state index contributed by atoms with van der Waals surface area (Å²) in [7, 11) is 0. The summed E-state index contributed by atoms with van der Waals surface area (Å²) in [6, 6.07) is 3.46. The molecule has 0 aromatic heterocycles. The molecule has 0 heterocycles. The third-order valence-electron chi connectivity index (χ3n) is 2.66. The zero-order chi connectivity index (χ0) is 13.0. The summed E-state index contributed by atoms with van der Waals surface area (Å²) >= 11 is 1.42. The van der Waals surface area contributed by atoms with Crippen LogP contribution in [0.25, 0.3) is 0 Å². The predicted octanol–water partition coefficient (Wildman–Crippen LogP) is 3.93. The van der Waals surface area contributed by atoms with Crippen molar-refractivity contribution in [3.05, 3.63) is 35.4 Å². The summed E-state index contributed by atoms with van der Waals surface area (Å²) in [4.78, 5) is 11.7. The maximum atomic E-state index is 13.3. The molecule has 0 spiro atoms. The molecule has 0 aliphatic rings. The van der Waals surface area contributed by atoms with Crippen LogP contribution in [-0.4, -0.2) is 16.8 Å². The van der Waals surface area contributed by atoms with Crippen molar-refractivity contribution >= 4 is 17.5 Å². The molecule has 1 atom stereocenters. The molecule has 0 bridgehead atoms. The van der Waals surface area contributed by atoms with Crippen LogP contribution < -0.4 is 0 Å². The zero-order valence-corrected chi connectivity index (χ0v) is 11.0. The Kier molecular flexibility index (Phi) is 5.12. The molecule has 0 fully saturated rings. The summed E-state index contributed by atoms with van der Waals surface area (Å²) in [5.74, 6) is -1.52. The molecule has 1 unspecified atom stereocenters. The van der Waals surface area contributed by atoms with E-state index in [2.05, 4.69) is 0 Å². The average Bonchev–Trinajstić information content (AvgIpc) is 2.25. The molecule has 0 saturated heterocycles. The number of ketones is 1. The second-order valence-electron chi connectivity index (χ2n) is 4.28. The molecule has 1 rings (SSSR count). The lowest BCUT2D eigenvalue weighted by molar-refractivity contribution is 0.101. The van der Waals surface area contributed by atoms with Crippen LogP contribution in [0, 0.1) is 17.6 Å². The molecule has 1 aromatic rings. The first-order valence-electron chi connectivity index (χ1n) is 5.52. The van der Waals surface area contributed by atoms with E-state index in [0.29, 0.717) is 5.92 Å². The third-order valence-corrected chi connectivity index (χ3v) is 4.16. The van der Waals surface area contributed by atoms with Gasteiger partial charge in [-0.25, -0.2) is 8.78 Å². The Bertz CT molecular complexity index is 384. The van der Waals surface area contributed by atoms with E-state index in [1.165, 1.54) is 17.8 Å². The van der Waals surface area contributed by atoms with Crippen molar-refractivity contribution in [1.82, 2.24) is 0 Å². The number of hydrogen-bond acceptors (Lipinski definition) is 2. The number of benzene rings is 1. The molecule has 1 aromatic carbocycles. The Hall–Kier alpha value is -0.900. The number of carbonyl (C=O) groups is 1. The molecule has 0 radical (unpaired) electrons. The zero-order valence-electron chi connectivity index (χ0n) is 10.2. The topological polar surface area (TPSA) is 17.1 Å². The minimum absolute atomic E-state index is 0.108. The molecular weight excluding hydrogens is 242 g/mol. The molecule has 17 heavy (non-hydrogen) atoms. The van der Waals surface area contributed by atoms with Gasteiger partial charge in [-0.15, -0.1) is 0 Å². The van der Waals surface area contributed by atoms with Gasteiger partial charge in [0.05, 0.1) is 11.3 Å². The maximum Gasteiger partial charge on any atom is 0.178 e. The van der Waals surface area contributed by atoms with Crippen molar-refractivity contribution < 1.29 is 13.6 Å². The fraction of sp³-hybridized carbons (Fsp3) is 0.462. The first kappa shape index (κ1) is 14.2. The van der Waals surface area contributed by atoms with Crippen molar-refractivity contribution in [1.29, 1.82) is 0 Å². The molecular formula is C13H16F2OS. The van der Waals surface area contributed by atoms with Gasteiger partial charge in [-0.05, 0) is 18.1 Å². The molecule has 94 valence electrons. The Morgan fingerprint density at radius 3 is 2.24 bits per heavy atom. The lowest BCUT2D eigenvalue weighted by Crippen LogP contribution is -2.13. The lowest BCUT2D eigenvalue weighted by atomic mass is 10.1. The molecule has 1 nitrogen and oxygen atoms in total. The van der Waals surface area contributed by atoms with E-state index in [4.69, 9.17) is 0 Å². The molecule has 0 amide bonds. The Morgan fingerprint density at radius 1 is 1.24 bits per heavy atom. The summed E-state index contributed by atoms with van der Waals surface area (Å²) in [6.45, 7) is 6.10. The number of carbonyl (C=O) groups excluding carboxylic acids is 1. The van der Waals surface area contributed by atoms with Crippen LogP contribution in [0.4, 0.5) is 8.78 Å². The highest BCUT2D eigenvalue weighted by Crippen LogP contribution is 2.21. The van der Waals surface area contributed by atoms with E-state index in [1.54, 1.807) is 0 Å². The molecule has 4 heteroatoms. The Labute approximate surface area is 105 Å². The van der Waals surface area contributed by atoms with Gasteiger partial charge in [0, 0.05) is 5.25 Å². The lowest BCUT2D eigenvalue weighted by Gasteiger charge is -2.14. The predicted molar refractivity (Wildman–Crippen MR) is 67.4 cm³/mol. The van der Waals surface area contributed by atoms with Crippen molar-refractivity contribution in [2.75, 3.05) is 5.75 Å². The summed E-state index contributed by atoms with van der Waals surface area (Å²) in [5.41, 5.74) is -0.420. The maximum absolute atomic E-state index is 13.3. The van der Waals surface area contributed by atoms with E-state index >= 15 is 0 Å². The van der Waals surface area contributed by atoms with Gasteiger partial charge in [0.25, 0.3) is 0 Å². The van der Waals surface area contributed by atoms with Gasteiger partial charge in [-0.3, -0.25) is 4.79 Å². The summed E-state index contributed by atoms with van der Waals surface area (Å²) < 4.78 is 26.6. The van der Waals surface area contributed by atoms with Crippen LogP contribution in [0.2, 0.25) is 0 Å². The summed E-state index contributed by atoms with van der Waals surface area (Å²) in [5, 5.41) is 0.286. The monoisotopic (exact) mass is 258 g/mol. The Morgan fingerprint density at radius 2 is 1.76 bits per heavy atom. The summed E-state index contributed by atoms with van der Waals surface area (Å²) in [6.07, 6.45) is 0. The highest BCUT2D eigenvalue weighted by atomic mass is 32.2. The fourth-order valence-corrected chi connectivity index (χ4v) is 2.18. The quantitative estimate of drug-likeness (QED) is 0.744. The molecule has 0 aliphatic heterocycles. The minimum Gasteiger partial charge on any atom is -0.293 e. The number of rotatable bonds is 5. The Balaban J connectivity index is 2.71. The van der Waals surface area contributed by atoms with E-state index in [1.807, 2.05) is 20.8 Å². The van der Waals surface area contributed by atoms with E-state index in [9.17, 15) is 13.6 Å². The van der Waals surface area contributed by atoms with Crippen LogP contribution >= 0.6 is 11.8 Å². The SMILES string of the molecule is CC(C)C(C)SCC(=O)c1c(F)cccc1F. The largest absolute Gasteiger partial charge is 0.293 e. The van der Waals surface area contributed by atoms with Crippen molar-refractivity contribution in [2.45, 2.75) is 26.0 Å². The average molecular weight is 258 g/mol. The van der Waals surface area contributed by atoms with Crippen molar-refractivity contribution in [3.63, 3.8) is 0 Å². The molecule has 0 saturated carbocycles. The van der Waals surface area contributed by atoms with Crippen LogP contribution in [-0.2, 0) is 0 Å². The second kappa shape index (κ2) is 6.15. The molecule has 0 aliphatic carbocycles. The standard InChI is InChI=1S/C13H16F2OS/c1-8(2)9(3)17-7-12(16)13-10(14)5-4-6-11(13)15/h4-6,8-9H,7H2,1-3H3. The first-order valence-corrected chi connectivity index (χ1v) is 6.57. The van der Waals surface area contributed by atoms with E-state index < -0.39 is 23.0 Å². The van der Waals surface area contributed by atoms with Crippen LogP contribution in [0.1, 0.15) is 31.1 Å². The number of thioether (sulfide) groups is 1.